The Hall–Kier alpha value is -0.410. The van der Waals surface area contributed by atoms with E-state index in [4.69, 9.17) is 9.84 Å². The van der Waals surface area contributed by atoms with E-state index in [2.05, 4.69) is 0 Å². The van der Waals surface area contributed by atoms with Crippen LogP contribution < -0.4 is 0 Å². The number of aliphatic hydroxyl groups is 1. The molecule has 3 nitrogen and oxygen atoms in total. The highest BCUT2D eigenvalue weighted by Crippen LogP contribution is 2.35. The minimum atomic E-state index is -0.326. The molecule has 70 valence electrons. The fourth-order valence-corrected chi connectivity index (χ4v) is 1.66. The van der Waals surface area contributed by atoms with Crippen molar-refractivity contribution >= 4 is 6.29 Å². The van der Waals surface area contributed by atoms with E-state index >= 15 is 0 Å². The van der Waals surface area contributed by atoms with Gasteiger partial charge in [-0.1, -0.05) is 6.92 Å². The van der Waals surface area contributed by atoms with E-state index in [1.54, 1.807) is 0 Å². The van der Waals surface area contributed by atoms with Gasteiger partial charge in [0.15, 0.2) is 0 Å². The number of hydrogen-bond acceptors (Lipinski definition) is 3. The first kappa shape index (κ1) is 9.68. The molecule has 0 spiro atoms. The first-order chi connectivity index (χ1) is 5.75. The van der Waals surface area contributed by atoms with Crippen molar-refractivity contribution in [2.75, 3.05) is 19.8 Å². The van der Waals surface area contributed by atoms with Gasteiger partial charge in [-0.05, 0) is 18.8 Å². The molecule has 12 heavy (non-hydrogen) atoms. The summed E-state index contributed by atoms with van der Waals surface area (Å²) >= 11 is 0. The summed E-state index contributed by atoms with van der Waals surface area (Å²) in [7, 11) is 0. The van der Waals surface area contributed by atoms with Crippen LogP contribution in [-0.4, -0.2) is 31.2 Å². The van der Waals surface area contributed by atoms with E-state index in [1.807, 2.05) is 6.92 Å². The molecule has 0 aliphatic carbocycles. The molecule has 1 N–H and O–H groups in total. The van der Waals surface area contributed by atoms with Crippen molar-refractivity contribution in [2.24, 2.45) is 11.3 Å². The molecule has 3 heteroatoms. The number of rotatable bonds is 3. The largest absolute Gasteiger partial charge is 0.396 e. The molecule has 0 aromatic heterocycles. The van der Waals surface area contributed by atoms with Gasteiger partial charge in [0.2, 0.25) is 0 Å². The van der Waals surface area contributed by atoms with Crippen molar-refractivity contribution < 1.29 is 14.6 Å². The third-order valence-electron chi connectivity index (χ3n) is 2.91. The Morgan fingerprint density at radius 1 is 1.58 bits per heavy atom. The normalized spacial score (nSPS) is 24.8. The average molecular weight is 172 g/mol. The summed E-state index contributed by atoms with van der Waals surface area (Å²) in [6.45, 7) is 3.28. The van der Waals surface area contributed by atoms with Crippen molar-refractivity contribution in [3.05, 3.63) is 0 Å². The smallest absolute Gasteiger partial charge is 0.126 e. The van der Waals surface area contributed by atoms with Gasteiger partial charge in [0.1, 0.15) is 6.29 Å². The van der Waals surface area contributed by atoms with Gasteiger partial charge in [-0.15, -0.1) is 0 Å². The second kappa shape index (κ2) is 4.01. The monoisotopic (exact) mass is 172 g/mol. The maximum Gasteiger partial charge on any atom is 0.126 e. The van der Waals surface area contributed by atoms with Crippen LogP contribution in [0.2, 0.25) is 0 Å². The van der Waals surface area contributed by atoms with E-state index < -0.39 is 0 Å². The number of aliphatic hydroxyl groups excluding tert-OH is 1. The minimum Gasteiger partial charge on any atom is -0.396 e. The zero-order chi connectivity index (χ0) is 9.03. The Labute approximate surface area is 72.7 Å². The summed E-state index contributed by atoms with van der Waals surface area (Å²) in [6, 6.07) is 0. The maximum absolute atomic E-state index is 10.9. The van der Waals surface area contributed by atoms with Crippen LogP contribution in [0.1, 0.15) is 19.8 Å². The number of aldehydes is 1. The van der Waals surface area contributed by atoms with Gasteiger partial charge in [-0.3, -0.25) is 0 Å². The van der Waals surface area contributed by atoms with E-state index in [-0.39, 0.29) is 17.9 Å². The number of ether oxygens (including phenoxy) is 1. The van der Waals surface area contributed by atoms with Crippen LogP contribution >= 0.6 is 0 Å². The fourth-order valence-electron chi connectivity index (χ4n) is 1.66. The third kappa shape index (κ3) is 1.67. The zero-order valence-electron chi connectivity index (χ0n) is 7.45. The Kier molecular flexibility index (Phi) is 3.23. The molecule has 1 unspecified atom stereocenters. The van der Waals surface area contributed by atoms with Gasteiger partial charge in [0.25, 0.3) is 0 Å². The third-order valence-corrected chi connectivity index (χ3v) is 2.91. The van der Waals surface area contributed by atoms with Crippen molar-refractivity contribution in [2.45, 2.75) is 19.8 Å². The lowest BCUT2D eigenvalue weighted by molar-refractivity contribution is -0.126. The van der Waals surface area contributed by atoms with Crippen LogP contribution in [0.15, 0.2) is 0 Å². The molecule has 0 bridgehead atoms. The summed E-state index contributed by atoms with van der Waals surface area (Å²) in [6.07, 6.45) is 2.49. The Balaban J connectivity index is 2.65. The Bertz CT molecular complexity index is 150. The zero-order valence-corrected chi connectivity index (χ0v) is 7.45. The summed E-state index contributed by atoms with van der Waals surface area (Å²) < 4.78 is 5.18. The molecule has 0 aromatic carbocycles. The Morgan fingerprint density at radius 3 is 2.58 bits per heavy atom. The lowest BCUT2D eigenvalue weighted by Crippen LogP contribution is -2.38. The Morgan fingerprint density at radius 2 is 2.17 bits per heavy atom. The molecule has 0 aromatic rings. The van der Waals surface area contributed by atoms with Crippen molar-refractivity contribution in [1.29, 1.82) is 0 Å². The van der Waals surface area contributed by atoms with E-state index in [9.17, 15) is 4.79 Å². The van der Waals surface area contributed by atoms with Gasteiger partial charge in [0, 0.05) is 25.2 Å². The predicted octanol–water partition coefficient (Wildman–Crippen LogP) is 0.611. The van der Waals surface area contributed by atoms with Gasteiger partial charge < -0.3 is 14.6 Å². The lowest BCUT2D eigenvalue weighted by Gasteiger charge is -2.36. The number of carbonyl (C=O) groups excluding carboxylic acids is 1. The lowest BCUT2D eigenvalue weighted by atomic mass is 9.72. The SMILES string of the molecule is CC(CO)C1(C=O)CCOCC1. The summed E-state index contributed by atoms with van der Waals surface area (Å²) in [5.74, 6) is 0.0545. The van der Waals surface area contributed by atoms with Crippen LogP contribution in [0.25, 0.3) is 0 Å². The standard InChI is InChI=1S/C9H16O3/c1-8(6-10)9(7-11)2-4-12-5-3-9/h7-8,10H,2-6H2,1H3. The molecule has 1 aliphatic heterocycles. The van der Waals surface area contributed by atoms with Gasteiger partial charge >= 0.3 is 0 Å². The molecule has 1 fully saturated rings. The quantitative estimate of drug-likeness (QED) is 0.634. The number of carbonyl (C=O) groups is 1. The minimum absolute atomic E-state index is 0.0545. The molecule has 1 aliphatic rings. The molecule has 1 atom stereocenters. The van der Waals surface area contributed by atoms with E-state index in [0.717, 1.165) is 19.1 Å². The van der Waals surface area contributed by atoms with Crippen LogP contribution in [0.4, 0.5) is 0 Å². The molecule has 1 saturated heterocycles. The second-order valence-corrected chi connectivity index (χ2v) is 3.55. The summed E-state index contributed by atoms with van der Waals surface area (Å²) in [4.78, 5) is 10.9. The van der Waals surface area contributed by atoms with Crippen LogP contribution in [0, 0.1) is 11.3 Å². The van der Waals surface area contributed by atoms with Crippen molar-refractivity contribution in [3.63, 3.8) is 0 Å². The highest BCUT2D eigenvalue weighted by atomic mass is 16.5. The maximum atomic E-state index is 10.9. The van der Waals surface area contributed by atoms with Crippen LogP contribution in [-0.2, 0) is 9.53 Å². The first-order valence-corrected chi connectivity index (χ1v) is 4.40. The topological polar surface area (TPSA) is 46.5 Å². The average Bonchev–Trinajstić information content (AvgIpc) is 2.17. The molecule has 0 radical (unpaired) electrons. The fraction of sp³-hybridized carbons (Fsp3) is 0.889. The van der Waals surface area contributed by atoms with Gasteiger partial charge in [-0.25, -0.2) is 0 Å². The molecule has 1 rings (SSSR count). The van der Waals surface area contributed by atoms with Crippen LogP contribution in [0.5, 0.6) is 0 Å². The highest BCUT2D eigenvalue weighted by molar-refractivity contribution is 5.60. The highest BCUT2D eigenvalue weighted by Gasteiger charge is 2.37. The van der Waals surface area contributed by atoms with Crippen LogP contribution in [0.3, 0.4) is 0 Å². The molecule has 0 saturated carbocycles. The second-order valence-electron chi connectivity index (χ2n) is 3.55. The van der Waals surface area contributed by atoms with Gasteiger partial charge in [-0.2, -0.15) is 0 Å². The molecule has 0 amide bonds. The molecular formula is C9H16O3. The predicted molar refractivity (Wildman–Crippen MR) is 44.8 cm³/mol. The van der Waals surface area contributed by atoms with E-state index in [0.29, 0.717) is 13.2 Å². The molecular weight excluding hydrogens is 156 g/mol. The van der Waals surface area contributed by atoms with Crippen molar-refractivity contribution in [3.8, 4) is 0 Å². The molecule has 1 heterocycles. The van der Waals surface area contributed by atoms with Crippen molar-refractivity contribution in [1.82, 2.24) is 0 Å². The number of hydrogen-bond donors (Lipinski definition) is 1. The van der Waals surface area contributed by atoms with Gasteiger partial charge in [0.05, 0.1) is 0 Å². The summed E-state index contributed by atoms with van der Waals surface area (Å²) in [5, 5.41) is 8.98. The summed E-state index contributed by atoms with van der Waals surface area (Å²) in [5.41, 5.74) is -0.326. The van der Waals surface area contributed by atoms with E-state index in [1.165, 1.54) is 0 Å². The first-order valence-electron chi connectivity index (χ1n) is 4.40.